The van der Waals surface area contributed by atoms with Gasteiger partial charge in [0.1, 0.15) is 18.3 Å². The van der Waals surface area contributed by atoms with E-state index in [1.54, 1.807) is 37.4 Å². The number of hydrogen-bond donors (Lipinski definition) is 1. The van der Waals surface area contributed by atoms with Gasteiger partial charge in [0.05, 0.1) is 14.2 Å². The van der Waals surface area contributed by atoms with Crippen LogP contribution in [0, 0.1) is 6.92 Å². The van der Waals surface area contributed by atoms with Gasteiger partial charge >= 0.3 is 0 Å². The van der Waals surface area contributed by atoms with Crippen molar-refractivity contribution in [3.05, 3.63) is 36.1 Å². The van der Waals surface area contributed by atoms with Crippen LogP contribution in [0.4, 0.5) is 5.69 Å². The first-order valence-electron chi connectivity index (χ1n) is 12.6. The van der Waals surface area contributed by atoms with Crippen molar-refractivity contribution in [2.45, 2.75) is 71.0 Å². The number of tetrazole rings is 1. The Labute approximate surface area is 216 Å². The number of aryl methyl sites for hydroxylation is 1. The summed E-state index contributed by atoms with van der Waals surface area (Å²) >= 11 is 0. The average Bonchev–Trinajstić information content (AvgIpc) is 3.66. The summed E-state index contributed by atoms with van der Waals surface area (Å²) in [4.78, 5) is 30.0. The summed E-state index contributed by atoms with van der Waals surface area (Å²) in [7, 11) is 3.07. The van der Waals surface area contributed by atoms with Crippen LogP contribution in [-0.2, 0) is 16.1 Å². The SMILES string of the molecule is CCCC(C(=O)NC1CCCC1)N(C(=O)Cn1nnc(-c2ccc(C)o2)n1)c1ccc(OC)c(OC)c1. The second-order valence-corrected chi connectivity index (χ2v) is 9.15. The molecule has 2 aromatic heterocycles. The number of hydrogen-bond acceptors (Lipinski definition) is 8. The van der Waals surface area contributed by atoms with E-state index in [9.17, 15) is 9.59 Å². The first-order valence-corrected chi connectivity index (χ1v) is 12.6. The molecule has 11 heteroatoms. The first-order chi connectivity index (χ1) is 17.9. The van der Waals surface area contributed by atoms with Crippen LogP contribution >= 0.6 is 0 Å². The van der Waals surface area contributed by atoms with Crippen LogP contribution in [0.25, 0.3) is 11.6 Å². The standard InChI is InChI=1S/C26H34N6O5/c1-5-8-20(26(34)27-18-9-6-7-10-18)32(19-12-14-21(35-3)23(15-19)36-4)24(33)16-31-29-25(28-30-31)22-13-11-17(2)37-22/h11-15,18,20H,5-10,16H2,1-4H3,(H,27,34). The van der Waals surface area contributed by atoms with Gasteiger partial charge in [-0.05, 0) is 55.7 Å². The molecule has 0 bridgehead atoms. The Bertz CT molecular complexity index is 1220. The quantitative estimate of drug-likeness (QED) is 0.415. The van der Waals surface area contributed by atoms with Crippen molar-refractivity contribution in [1.29, 1.82) is 0 Å². The second-order valence-electron chi connectivity index (χ2n) is 9.15. The number of carbonyl (C=O) groups is 2. The van der Waals surface area contributed by atoms with Gasteiger partial charge in [0.2, 0.25) is 11.7 Å². The highest BCUT2D eigenvalue weighted by Gasteiger charge is 2.33. The van der Waals surface area contributed by atoms with Gasteiger partial charge in [0, 0.05) is 17.8 Å². The van der Waals surface area contributed by atoms with E-state index in [0.29, 0.717) is 35.8 Å². The number of aromatic nitrogens is 4. The van der Waals surface area contributed by atoms with Crippen LogP contribution in [0.15, 0.2) is 34.7 Å². The Hall–Kier alpha value is -3.89. The van der Waals surface area contributed by atoms with Crippen molar-refractivity contribution in [3.63, 3.8) is 0 Å². The van der Waals surface area contributed by atoms with E-state index >= 15 is 0 Å². The molecule has 2 heterocycles. The highest BCUT2D eigenvalue weighted by atomic mass is 16.5. The summed E-state index contributed by atoms with van der Waals surface area (Å²) in [5.41, 5.74) is 0.518. The zero-order chi connectivity index (χ0) is 26.4. The summed E-state index contributed by atoms with van der Waals surface area (Å²) in [5.74, 6) is 1.92. The maximum absolute atomic E-state index is 13.8. The summed E-state index contributed by atoms with van der Waals surface area (Å²) < 4.78 is 16.4. The maximum Gasteiger partial charge on any atom is 0.251 e. The molecule has 1 aliphatic carbocycles. The van der Waals surface area contributed by atoms with E-state index in [1.165, 1.54) is 16.8 Å². The summed E-state index contributed by atoms with van der Waals surface area (Å²) in [6.07, 6.45) is 5.29. The number of amides is 2. The predicted molar refractivity (Wildman–Crippen MR) is 136 cm³/mol. The molecule has 1 unspecified atom stereocenters. The Morgan fingerprint density at radius 1 is 1.16 bits per heavy atom. The third-order valence-electron chi connectivity index (χ3n) is 6.48. The largest absolute Gasteiger partial charge is 0.493 e. The molecule has 0 aliphatic heterocycles. The zero-order valence-electron chi connectivity index (χ0n) is 21.8. The monoisotopic (exact) mass is 510 g/mol. The van der Waals surface area contributed by atoms with E-state index in [1.807, 2.05) is 13.8 Å². The predicted octanol–water partition coefficient (Wildman–Crippen LogP) is 3.52. The second kappa shape index (κ2) is 11.9. The molecule has 0 spiro atoms. The summed E-state index contributed by atoms with van der Waals surface area (Å²) in [6, 6.07) is 8.14. The Kier molecular flexibility index (Phi) is 8.42. The van der Waals surface area contributed by atoms with Gasteiger partial charge in [-0.15, -0.1) is 10.2 Å². The lowest BCUT2D eigenvalue weighted by Crippen LogP contribution is -2.52. The fourth-order valence-corrected chi connectivity index (χ4v) is 4.65. The molecule has 1 N–H and O–H groups in total. The van der Waals surface area contributed by atoms with Crippen molar-refractivity contribution in [3.8, 4) is 23.1 Å². The van der Waals surface area contributed by atoms with E-state index in [2.05, 4.69) is 20.7 Å². The highest BCUT2D eigenvalue weighted by Crippen LogP contribution is 2.33. The molecule has 3 aromatic rings. The molecular weight excluding hydrogens is 476 g/mol. The Morgan fingerprint density at radius 3 is 2.57 bits per heavy atom. The highest BCUT2D eigenvalue weighted by molar-refractivity contribution is 6.01. The summed E-state index contributed by atoms with van der Waals surface area (Å²) in [5, 5.41) is 15.5. The molecule has 37 heavy (non-hydrogen) atoms. The van der Waals surface area contributed by atoms with Crippen molar-refractivity contribution in [1.82, 2.24) is 25.5 Å². The number of ether oxygens (including phenoxy) is 2. The number of anilines is 1. The number of nitrogens with one attached hydrogen (secondary N) is 1. The van der Waals surface area contributed by atoms with E-state index in [0.717, 1.165) is 31.4 Å². The van der Waals surface area contributed by atoms with E-state index in [4.69, 9.17) is 13.9 Å². The third kappa shape index (κ3) is 6.10. The zero-order valence-corrected chi connectivity index (χ0v) is 21.8. The first kappa shape index (κ1) is 26.2. The lowest BCUT2D eigenvalue weighted by Gasteiger charge is -2.32. The van der Waals surface area contributed by atoms with Crippen LogP contribution in [0.2, 0.25) is 0 Å². The minimum atomic E-state index is -0.716. The van der Waals surface area contributed by atoms with Crippen LogP contribution < -0.4 is 19.7 Å². The van der Waals surface area contributed by atoms with E-state index < -0.39 is 6.04 Å². The molecule has 4 rings (SSSR count). The topological polar surface area (TPSA) is 125 Å². The van der Waals surface area contributed by atoms with Gasteiger partial charge in [-0.25, -0.2) is 0 Å². The fourth-order valence-electron chi connectivity index (χ4n) is 4.65. The number of carbonyl (C=O) groups excluding carboxylic acids is 2. The molecule has 0 saturated heterocycles. The minimum absolute atomic E-state index is 0.130. The number of benzene rings is 1. The third-order valence-corrected chi connectivity index (χ3v) is 6.48. The molecule has 2 amide bonds. The van der Waals surface area contributed by atoms with E-state index in [-0.39, 0.29) is 30.2 Å². The molecule has 0 radical (unpaired) electrons. The smallest absolute Gasteiger partial charge is 0.251 e. The van der Waals surface area contributed by atoms with Gasteiger partial charge in [0.25, 0.3) is 5.91 Å². The molecule has 1 saturated carbocycles. The Morgan fingerprint density at radius 2 is 1.92 bits per heavy atom. The number of nitrogens with zero attached hydrogens (tertiary/aromatic N) is 5. The number of rotatable bonds is 11. The van der Waals surface area contributed by atoms with Crippen molar-refractivity contribution in [2.24, 2.45) is 0 Å². The number of furan rings is 1. The molecule has 11 nitrogen and oxygen atoms in total. The van der Waals surface area contributed by atoms with Crippen LogP contribution in [-0.4, -0.2) is 58.3 Å². The summed E-state index contributed by atoms with van der Waals surface area (Å²) in [6.45, 7) is 3.60. The van der Waals surface area contributed by atoms with Crippen molar-refractivity contribution in [2.75, 3.05) is 19.1 Å². The molecule has 1 aromatic carbocycles. The maximum atomic E-state index is 13.8. The van der Waals surface area contributed by atoms with Crippen LogP contribution in [0.3, 0.4) is 0 Å². The normalized spacial score (nSPS) is 14.4. The Balaban J connectivity index is 1.65. The van der Waals surface area contributed by atoms with Crippen LogP contribution in [0.5, 0.6) is 11.5 Å². The van der Waals surface area contributed by atoms with Gasteiger partial charge < -0.3 is 19.2 Å². The van der Waals surface area contributed by atoms with Crippen LogP contribution in [0.1, 0.15) is 51.2 Å². The number of methoxy groups -OCH3 is 2. The molecule has 1 aliphatic rings. The molecule has 198 valence electrons. The van der Waals surface area contributed by atoms with Gasteiger partial charge in [-0.2, -0.15) is 4.80 Å². The van der Waals surface area contributed by atoms with Gasteiger partial charge in [-0.3, -0.25) is 14.5 Å². The molecular formula is C26H34N6O5. The molecule has 1 fully saturated rings. The average molecular weight is 511 g/mol. The van der Waals surface area contributed by atoms with Gasteiger partial charge in [-0.1, -0.05) is 26.2 Å². The fraction of sp³-hybridized carbons (Fsp3) is 0.500. The van der Waals surface area contributed by atoms with Crippen molar-refractivity contribution >= 4 is 17.5 Å². The van der Waals surface area contributed by atoms with Gasteiger partial charge in [0.15, 0.2) is 17.3 Å². The van der Waals surface area contributed by atoms with Crippen molar-refractivity contribution < 1.29 is 23.5 Å². The lowest BCUT2D eigenvalue weighted by atomic mass is 10.1. The molecule has 1 atom stereocenters. The minimum Gasteiger partial charge on any atom is -0.493 e. The lowest BCUT2D eigenvalue weighted by molar-refractivity contribution is -0.127.